The van der Waals surface area contributed by atoms with Crippen molar-refractivity contribution in [1.82, 2.24) is 5.32 Å². The van der Waals surface area contributed by atoms with Gasteiger partial charge in [0, 0.05) is 24.1 Å². The number of carbonyl (C=O) groups is 1. The summed E-state index contributed by atoms with van der Waals surface area (Å²) in [5, 5.41) is 2.83. The monoisotopic (exact) mass is 255 g/mol. The van der Waals surface area contributed by atoms with Crippen LogP contribution in [0.5, 0.6) is 5.75 Å². The summed E-state index contributed by atoms with van der Waals surface area (Å²) in [6, 6.07) is 0. The van der Waals surface area contributed by atoms with Crippen LogP contribution in [0, 0.1) is 0 Å². The molecule has 94 valence electrons. The van der Waals surface area contributed by atoms with Gasteiger partial charge in [0.05, 0.1) is 13.7 Å². The summed E-state index contributed by atoms with van der Waals surface area (Å²) in [6.07, 6.45) is 3.27. The van der Waals surface area contributed by atoms with Gasteiger partial charge >= 0.3 is 0 Å². The Hall–Kier alpha value is -1.07. The van der Waals surface area contributed by atoms with Crippen LogP contribution in [-0.2, 0) is 17.6 Å². The van der Waals surface area contributed by atoms with Crippen LogP contribution >= 0.6 is 11.3 Å². The van der Waals surface area contributed by atoms with Gasteiger partial charge in [-0.15, -0.1) is 11.3 Å². The van der Waals surface area contributed by atoms with E-state index in [2.05, 4.69) is 5.32 Å². The third-order valence-electron chi connectivity index (χ3n) is 2.87. The number of aryl methyl sites for hydroxylation is 1. The molecule has 0 unspecified atom stereocenters. The molecule has 1 N–H and O–H groups in total. The molecule has 1 aromatic rings. The molecule has 1 heterocycles. The highest BCUT2D eigenvalue weighted by Crippen LogP contribution is 2.40. The summed E-state index contributed by atoms with van der Waals surface area (Å²) in [7, 11) is 3.25. The SMILES string of the molecule is COCCNC(=O)c1sc2c(c1OC)CCC2. The number of rotatable bonds is 5. The summed E-state index contributed by atoms with van der Waals surface area (Å²) in [5.41, 5.74) is 1.23. The molecule has 0 spiro atoms. The van der Waals surface area contributed by atoms with Gasteiger partial charge in [0.1, 0.15) is 10.6 Å². The van der Waals surface area contributed by atoms with Gasteiger partial charge in [-0.3, -0.25) is 4.79 Å². The van der Waals surface area contributed by atoms with Gasteiger partial charge in [-0.25, -0.2) is 0 Å². The van der Waals surface area contributed by atoms with Gasteiger partial charge in [-0.2, -0.15) is 0 Å². The first-order chi connectivity index (χ1) is 8.27. The zero-order valence-corrected chi connectivity index (χ0v) is 11.0. The number of hydrogen-bond donors (Lipinski definition) is 1. The van der Waals surface area contributed by atoms with Gasteiger partial charge in [0.2, 0.25) is 0 Å². The standard InChI is InChI=1S/C12H17NO3S/c1-15-7-6-13-12(14)11-10(16-2)8-4-3-5-9(8)17-11/h3-7H2,1-2H3,(H,13,14). The first-order valence-corrected chi connectivity index (χ1v) is 6.55. The van der Waals surface area contributed by atoms with Crippen LogP contribution in [-0.4, -0.2) is 33.3 Å². The van der Waals surface area contributed by atoms with E-state index in [4.69, 9.17) is 9.47 Å². The van der Waals surface area contributed by atoms with E-state index in [9.17, 15) is 4.79 Å². The summed E-state index contributed by atoms with van der Waals surface area (Å²) in [6.45, 7) is 1.06. The number of nitrogens with one attached hydrogen (secondary N) is 1. The topological polar surface area (TPSA) is 47.6 Å². The molecule has 17 heavy (non-hydrogen) atoms. The van der Waals surface area contributed by atoms with E-state index in [1.165, 1.54) is 16.9 Å². The van der Waals surface area contributed by atoms with Crippen LogP contribution in [0.1, 0.15) is 26.5 Å². The normalized spacial score (nSPS) is 13.5. The molecule has 0 saturated heterocycles. The Balaban J connectivity index is 2.12. The fourth-order valence-corrected chi connectivity index (χ4v) is 3.36. The molecule has 1 amide bonds. The lowest BCUT2D eigenvalue weighted by Crippen LogP contribution is -2.26. The first kappa shape index (κ1) is 12.4. The average molecular weight is 255 g/mol. The van der Waals surface area contributed by atoms with Crippen molar-refractivity contribution >= 4 is 17.2 Å². The fourth-order valence-electron chi connectivity index (χ4n) is 2.09. The van der Waals surface area contributed by atoms with Crippen molar-refractivity contribution in [2.45, 2.75) is 19.3 Å². The van der Waals surface area contributed by atoms with Gasteiger partial charge in [-0.1, -0.05) is 0 Å². The molecule has 1 aliphatic rings. The Morgan fingerprint density at radius 1 is 1.41 bits per heavy atom. The van der Waals surface area contributed by atoms with E-state index >= 15 is 0 Å². The van der Waals surface area contributed by atoms with E-state index in [0.717, 1.165) is 18.6 Å². The third kappa shape index (κ3) is 2.45. The molecule has 0 saturated carbocycles. The van der Waals surface area contributed by atoms with E-state index < -0.39 is 0 Å². The van der Waals surface area contributed by atoms with Crippen LogP contribution in [0.25, 0.3) is 0 Å². The number of methoxy groups -OCH3 is 2. The number of ether oxygens (including phenoxy) is 2. The third-order valence-corrected chi connectivity index (χ3v) is 4.15. The minimum Gasteiger partial charge on any atom is -0.495 e. The second-order valence-corrected chi connectivity index (χ2v) is 5.07. The van der Waals surface area contributed by atoms with Gasteiger partial charge in [0.25, 0.3) is 5.91 Å². The Morgan fingerprint density at radius 3 is 2.94 bits per heavy atom. The van der Waals surface area contributed by atoms with Crippen molar-refractivity contribution in [3.05, 3.63) is 15.3 Å². The molecule has 5 heteroatoms. The minimum atomic E-state index is -0.0571. The van der Waals surface area contributed by atoms with E-state index in [1.807, 2.05) is 0 Å². The summed E-state index contributed by atoms with van der Waals surface area (Å²) in [4.78, 5) is 14.0. The van der Waals surface area contributed by atoms with Gasteiger partial charge in [-0.05, 0) is 19.3 Å². The van der Waals surface area contributed by atoms with Crippen molar-refractivity contribution in [1.29, 1.82) is 0 Å². The lowest BCUT2D eigenvalue weighted by atomic mass is 10.2. The molecule has 0 atom stereocenters. The highest BCUT2D eigenvalue weighted by Gasteiger charge is 2.26. The van der Waals surface area contributed by atoms with Crippen LogP contribution in [0.4, 0.5) is 0 Å². The average Bonchev–Trinajstić information content (AvgIpc) is 2.88. The summed E-state index contributed by atoms with van der Waals surface area (Å²) >= 11 is 1.56. The van der Waals surface area contributed by atoms with Crippen molar-refractivity contribution < 1.29 is 14.3 Å². The highest BCUT2D eigenvalue weighted by molar-refractivity contribution is 7.14. The predicted octanol–water partition coefficient (Wildman–Crippen LogP) is 1.62. The van der Waals surface area contributed by atoms with Crippen molar-refractivity contribution in [2.24, 2.45) is 0 Å². The molecular weight excluding hydrogens is 238 g/mol. The Labute approximate surface area is 105 Å². The molecule has 0 aromatic carbocycles. The molecule has 1 aliphatic carbocycles. The van der Waals surface area contributed by atoms with Crippen LogP contribution in [0.15, 0.2) is 0 Å². The quantitative estimate of drug-likeness (QED) is 0.813. The molecular formula is C12H17NO3S. The maximum Gasteiger partial charge on any atom is 0.265 e. The molecule has 1 aromatic heterocycles. The zero-order valence-electron chi connectivity index (χ0n) is 10.2. The largest absolute Gasteiger partial charge is 0.495 e. The van der Waals surface area contributed by atoms with Crippen molar-refractivity contribution in [3.63, 3.8) is 0 Å². The number of fused-ring (bicyclic) bond motifs is 1. The number of thiophene rings is 1. The smallest absolute Gasteiger partial charge is 0.265 e. The van der Waals surface area contributed by atoms with Crippen molar-refractivity contribution in [3.8, 4) is 5.75 Å². The van der Waals surface area contributed by atoms with Crippen LogP contribution < -0.4 is 10.1 Å². The molecule has 2 rings (SSSR count). The maximum absolute atomic E-state index is 12.0. The van der Waals surface area contributed by atoms with E-state index in [1.54, 1.807) is 25.6 Å². The molecule has 0 radical (unpaired) electrons. The predicted molar refractivity (Wildman–Crippen MR) is 67.1 cm³/mol. The zero-order chi connectivity index (χ0) is 12.3. The maximum atomic E-state index is 12.0. The second-order valence-electron chi connectivity index (χ2n) is 3.97. The molecule has 0 aliphatic heterocycles. The van der Waals surface area contributed by atoms with Gasteiger partial charge in [0.15, 0.2) is 0 Å². The number of amides is 1. The minimum absolute atomic E-state index is 0.0571. The Bertz CT molecular complexity index is 414. The second kappa shape index (κ2) is 5.51. The summed E-state index contributed by atoms with van der Waals surface area (Å²) in [5.74, 6) is 0.718. The van der Waals surface area contributed by atoms with E-state index in [0.29, 0.717) is 18.0 Å². The molecule has 0 fully saturated rings. The Kier molecular flexibility index (Phi) is 4.02. The first-order valence-electron chi connectivity index (χ1n) is 5.73. The molecule has 4 nitrogen and oxygen atoms in total. The number of carbonyl (C=O) groups excluding carboxylic acids is 1. The highest BCUT2D eigenvalue weighted by atomic mass is 32.1. The lowest BCUT2D eigenvalue weighted by molar-refractivity contribution is 0.0938. The van der Waals surface area contributed by atoms with Crippen LogP contribution in [0.3, 0.4) is 0 Å². The number of hydrogen-bond acceptors (Lipinski definition) is 4. The van der Waals surface area contributed by atoms with E-state index in [-0.39, 0.29) is 5.91 Å². The molecule has 0 bridgehead atoms. The van der Waals surface area contributed by atoms with Crippen LogP contribution in [0.2, 0.25) is 0 Å². The van der Waals surface area contributed by atoms with Gasteiger partial charge < -0.3 is 14.8 Å². The Morgan fingerprint density at radius 2 is 2.24 bits per heavy atom. The summed E-state index contributed by atoms with van der Waals surface area (Å²) < 4.78 is 10.3. The van der Waals surface area contributed by atoms with Crippen molar-refractivity contribution in [2.75, 3.05) is 27.4 Å². The fraction of sp³-hybridized carbons (Fsp3) is 0.583. The lowest BCUT2D eigenvalue weighted by Gasteiger charge is -2.06.